The van der Waals surface area contributed by atoms with Gasteiger partial charge in [0.25, 0.3) is 5.91 Å². The molecule has 2 atom stereocenters. The molecule has 1 saturated carbocycles. The van der Waals surface area contributed by atoms with Gasteiger partial charge in [0, 0.05) is 31.6 Å². The predicted octanol–water partition coefficient (Wildman–Crippen LogP) is 3.63. The summed E-state index contributed by atoms with van der Waals surface area (Å²) in [4.78, 5) is 28.3. The van der Waals surface area contributed by atoms with Crippen LogP contribution in [0.2, 0.25) is 0 Å². The Morgan fingerprint density at radius 3 is 2.76 bits per heavy atom. The third-order valence-corrected chi connectivity index (χ3v) is 7.06. The first-order valence-electron chi connectivity index (χ1n) is 10.7. The summed E-state index contributed by atoms with van der Waals surface area (Å²) in [5, 5.41) is 3.30. The maximum absolute atomic E-state index is 13.3. The van der Waals surface area contributed by atoms with Crippen molar-refractivity contribution < 1.29 is 14.3 Å². The smallest absolute Gasteiger partial charge is 0.261 e. The Bertz CT molecular complexity index is 732. The van der Waals surface area contributed by atoms with Crippen molar-refractivity contribution in [3.63, 3.8) is 0 Å². The number of amides is 2. The van der Waals surface area contributed by atoms with Crippen molar-refractivity contribution >= 4 is 29.7 Å². The van der Waals surface area contributed by atoms with E-state index in [1.54, 1.807) is 18.9 Å². The second-order valence-corrected chi connectivity index (χ2v) is 9.02. The molecule has 1 heterocycles. The van der Waals surface area contributed by atoms with Crippen LogP contribution in [0.4, 0.5) is 0 Å². The number of aryl methyl sites for hydroxylation is 1. The van der Waals surface area contributed by atoms with E-state index in [9.17, 15) is 9.59 Å². The molecule has 1 N–H and O–H groups in total. The van der Waals surface area contributed by atoms with Gasteiger partial charge in [-0.05, 0) is 42.9 Å². The third-order valence-electron chi connectivity index (χ3n) is 5.67. The number of benzene rings is 1. The first kappa shape index (κ1) is 21.9. The van der Waals surface area contributed by atoms with Gasteiger partial charge in [0.05, 0.1) is 4.91 Å². The van der Waals surface area contributed by atoms with Gasteiger partial charge in [-0.2, -0.15) is 0 Å². The molecule has 29 heavy (non-hydrogen) atoms. The van der Waals surface area contributed by atoms with Crippen LogP contribution in [0.15, 0.2) is 29.2 Å². The van der Waals surface area contributed by atoms with Crippen molar-refractivity contribution in [2.75, 3.05) is 26.8 Å². The standard InChI is InChI=1S/C23H32N2O3S/c1-3-17-9-11-18(12-10-17)15-21-23(27)25(16-22(26)24-13-6-14-28-2)19-7-4-5-8-20(19)29-21/h9-12,15,19-20H,3-8,13-14,16H2,1-2H3,(H,24,26)/b21-15+. The summed E-state index contributed by atoms with van der Waals surface area (Å²) in [5.41, 5.74) is 2.32. The Labute approximate surface area is 178 Å². The topological polar surface area (TPSA) is 58.6 Å². The van der Waals surface area contributed by atoms with Gasteiger partial charge in [-0.3, -0.25) is 9.59 Å². The molecule has 1 aliphatic heterocycles. The van der Waals surface area contributed by atoms with Crippen molar-refractivity contribution in [1.82, 2.24) is 10.2 Å². The second-order valence-electron chi connectivity index (χ2n) is 7.74. The van der Waals surface area contributed by atoms with Crippen LogP contribution in [0.3, 0.4) is 0 Å². The van der Waals surface area contributed by atoms with Gasteiger partial charge in [-0.15, -0.1) is 11.8 Å². The Morgan fingerprint density at radius 2 is 2.03 bits per heavy atom. The zero-order valence-corrected chi connectivity index (χ0v) is 18.3. The van der Waals surface area contributed by atoms with Crippen molar-refractivity contribution in [2.24, 2.45) is 0 Å². The van der Waals surface area contributed by atoms with E-state index >= 15 is 0 Å². The third kappa shape index (κ3) is 5.86. The zero-order valence-electron chi connectivity index (χ0n) is 17.5. The summed E-state index contributed by atoms with van der Waals surface area (Å²) in [7, 11) is 1.65. The van der Waals surface area contributed by atoms with E-state index in [1.807, 2.05) is 11.0 Å². The van der Waals surface area contributed by atoms with Crippen molar-refractivity contribution in [3.05, 3.63) is 40.3 Å². The molecule has 3 rings (SSSR count). The average Bonchev–Trinajstić information content (AvgIpc) is 2.74. The van der Waals surface area contributed by atoms with Crippen LogP contribution in [0.5, 0.6) is 0 Å². The molecular formula is C23H32N2O3S. The molecule has 2 aliphatic rings. The van der Waals surface area contributed by atoms with E-state index < -0.39 is 0 Å². The van der Waals surface area contributed by atoms with Crippen molar-refractivity contribution in [3.8, 4) is 0 Å². The molecule has 158 valence electrons. The minimum absolute atomic E-state index is 0.00948. The lowest BCUT2D eigenvalue weighted by molar-refractivity contribution is -0.135. The molecule has 2 fully saturated rings. The number of nitrogens with zero attached hydrogens (tertiary/aromatic N) is 1. The van der Waals surface area contributed by atoms with Gasteiger partial charge in [-0.1, -0.05) is 44.0 Å². The van der Waals surface area contributed by atoms with Crippen LogP contribution >= 0.6 is 11.8 Å². The van der Waals surface area contributed by atoms with Crippen LogP contribution < -0.4 is 5.32 Å². The lowest BCUT2D eigenvalue weighted by Crippen LogP contribution is -2.54. The molecule has 6 heteroatoms. The van der Waals surface area contributed by atoms with Crippen LogP contribution in [-0.4, -0.2) is 54.8 Å². The highest BCUT2D eigenvalue weighted by Crippen LogP contribution is 2.42. The first-order chi connectivity index (χ1) is 14.1. The lowest BCUT2D eigenvalue weighted by atomic mass is 9.93. The largest absolute Gasteiger partial charge is 0.385 e. The molecule has 0 spiro atoms. The van der Waals surface area contributed by atoms with Crippen LogP contribution in [0, 0.1) is 0 Å². The van der Waals surface area contributed by atoms with Crippen LogP contribution in [0.25, 0.3) is 6.08 Å². The fraction of sp³-hybridized carbons (Fsp3) is 0.565. The molecule has 1 aromatic carbocycles. The summed E-state index contributed by atoms with van der Waals surface area (Å²) in [6, 6.07) is 8.52. The number of ether oxygens (including phenoxy) is 1. The SMILES string of the molecule is CCc1ccc(/C=C2/SC3CCCCC3N(CC(=O)NCCCOC)C2=O)cc1. The number of methoxy groups -OCH3 is 1. The second kappa shape index (κ2) is 10.8. The monoisotopic (exact) mass is 416 g/mol. The van der Waals surface area contributed by atoms with Gasteiger partial charge in [0.2, 0.25) is 5.91 Å². The number of hydrogen-bond donors (Lipinski definition) is 1. The van der Waals surface area contributed by atoms with Gasteiger partial charge < -0.3 is 15.0 Å². The summed E-state index contributed by atoms with van der Waals surface area (Å²) in [5.74, 6) is -0.0953. The number of thioether (sulfide) groups is 1. The van der Waals surface area contributed by atoms with Gasteiger partial charge in [-0.25, -0.2) is 0 Å². The number of carbonyl (C=O) groups excluding carboxylic acids is 2. The number of carbonyl (C=O) groups is 2. The molecule has 0 bridgehead atoms. The Hall–Kier alpha value is -1.79. The minimum atomic E-state index is -0.0858. The zero-order chi connectivity index (χ0) is 20.6. The Kier molecular flexibility index (Phi) is 8.19. The average molecular weight is 417 g/mol. The van der Waals surface area contributed by atoms with E-state index in [2.05, 4.69) is 36.5 Å². The van der Waals surface area contributed by atoms with Gasteiger partial charge in [0.15, 0.2) is 0 Å². The Balaban J connectivity index is 1.73. The van der Waals surface area contributed by atoms with E-state index in [-0.39, 0.29) is 24.4 Å². The van der Waals surface area contributed by atoms with E-state index in [0.717, 1.165) is 42.6 Å². The Morgan fingerprint density at radius 1 is 1.28 bits per heavy atom. The molecule has 1 saturated heterocycles. The fourth-order valence-electron chi connectivity index (χ4n) is 4.02. The summed E-state index contributed by atoms with van der Waals surface area (Å²) >= 11 is 1.71. The fourth-order valence-corrected chi connectivity index (χ4v) is 5.49. The maximum atomic E-state index is 13.3. The number of rotatable bonds is 8. The molecule has 5 nitrogen and oxygen atoms in total. The van der Waals surface area contributed by atoms with Crippen LogP contribution in [-0.2, 0) is 20.7 Å². The highest BCUT2D eigenvalue weighted by molar-refractivity contribution is 8.04. The van der Waals surface area contributed by atoms with Gasteiger partial charge >= 0.3 is 0 Å². The minimum Gasteiger partial charge on any atom is -0.385 e. The van der Waals surface area contributed by atoms with E-state index in [4.69, 9.17) is 4.74 Å². The molecule has 2 unspecified atom stereocenters. The molecule has 2 amide bonds. The number of hydrogen-bond acceptors (Lipinski definition) is 4. The highest BCUT2D eigenvalue weighted by atomic mass is 32.2. The molecule has 0 radical (unpaired) electrons. The maximum Gasteiger partial charge on any atom is 0.261 e. The van der Waals surface area contributed by atoms with Gasteiger partial charge in [0.1, 0.15) is 6.54 Å². The summed E-state index contributed by atoms with van der Waals surface area (Å²) in [6.45, 7) is 3.47. The lowest BCUT2D eigenvalue weighted by Gasteiger charge is -2.43. The van der Waals surface area contributed by atoms with Crippen LogP contribution in [0.1, 0.15) is 50.2 Å². The van der Waals surface area contributed by atoms with E-state index in [1.165, 1.54) is 12.0 Å². The normalized spacial score (nSPS) is 23.2. The number of nitrogens with one attached hydrogen (secondary N) is 1. The quantitative estimate of drug-likeness (QED) is 0.519. The molecule has 1 aromatic rings. The molecular weight excluding hydrogens is 384 g/mol. The first-order valence-corrected chi connectivity index (χ1v) is 11.5. The summed E-state index contributed by atoms with van der Waals surface area (Å²) in [6.07, 6.45) is 8.16. The predicted molar refractivity (Wildman–Crippen MR) is 119 cm³/mol. The summed E-state index contributed by atoms with van der Waals surface area (Å²) < 4.78 is 5.02. The molecule has 1 aliphatic carbocycles. The molecule has 0 aromatic heterocycles. The van der Waals surface area contributed by atoms with Crippen molar-refractivity contribution in [1.29, 1.82) is 0 Å². The highest BCUT2D eigenvalue weighted by Gasteiger charge is 2.41. The van der Waals surface area contributed by atoms with E-state index in [0.29, 0.717) is 18.4 Å². The number of fused-ring (bicyclic) bond motifs is 1. The van der Waals surface area contributed by atoms with Crippen molar-refractivity contribution in [2.45, 2.75) is 56.7 Å².